The highest BCUT2D eigenvalue weighted by molar-refractivity contribution is 5.90. The zero-order chi connectivity index (χ0) is 22.8. The molecule has 1 fully saturated rings. The maximum atomic E-state index is 13.2. The molecule has 1 saturated heterocycles. The Morgan fingerprint density at radius 1 is 0.938 bits per heavy atom. The molecule has 1 aliphatic heterocycles. The fourth-order valence-electron chi connectivity index (χ4n) is 3.57. The van der Waals surface area contributed by atoms with Gasteiger partial charge in [-0.3, -0.25) is 4.79 Å². The number of hydrogen-bond acceptors (Lipinski definition) is 3. The van der Waals surface area contributed by atoms with Crippen LogP contribution in [0.15, 0.2) is 54.6 Å². The number of piperidine rings is 1. The lowest BCUT2D eigenvalue weighted by Crippen LogP contribution is -2.45. The minimum absolute atomic E-state index is 0.0288. The summed E-state index contributed by atoms with van der Waals surface area (Å²) >= 11 is 0. The Hall–Kier alpha value is -3.62. The van der Waals surface area contributed by atoms with Gasteiger partial charge < -0.3 is 26.2 Å². The van der Waals surface area contributed by atoms with Gasteiger partial charge in [0.1, 0.15) is 5.82 Å². The lowest BCUT2D eigenvalue weighted by Gasteiger charge is -2.33. The first-order valence-electron chi connectivity index (χ1n) is 10.7. The Balaban J connectivity index is 1.35. The summed E-state index contributed by atoms with van der Waals surface area (Å²) in [6.07, 6.45) is 1.97. The van der Waals surface area contributed by atoms with E-state index in [1.807, 2.05) is 18.2 Å². The molecule has 2 aromatic rings. The third-order valence-corrected chi connectivity index (χ3v) is 5.16. The number of likely N-dealkylation sites (tertiary alicyclic amines) is 1. The van der Waals surface area contributed by atoms with Crippen molar-refractivity contribution in [1.82, 2.24) is 15.5 Å². The Bertz CT molecular complexity index is 925. The summed E-state index contributed by atoms with van der Waals surface area (Å²) in [5.74, 6) is -0.310. The van der Waals surface area contributed by atoms with E-state index < -0.39 is 11.8 Å². The summed E-state index contributed by atoms with van der Waals surface area (Å²) in [4.78, 5) is 38.2. The molecular formula is C23H28FN5O3. The smallest absolute Gasteiger partial charge is 0.319 e. The number of hydrogen-bond donors (Lipinski definition) is 4. The van der Waals surface area contributed by atoms with Crippen LogP contribution in [0, 0.1) is 11.7 Å². The number of carbonyl (C=O) groups is 3. The van der Waals surface area contributed by atoms with E-state index in [-0.39, 0.29) is 30.8 Å². The summed E-state index contributed by atoms with van der Waals surface area (Å²) in [5, 5.41) is 10.8. The minimum atomic E-state index is -0.420. The molecule has 0 radical (unpaired) electrons. The summed E-state index contributed by atoms with van der Waals surface area (Å²) < 4.78 is 13.2. The third-order valence-electron chi connectivity index (χ3n) is 5.16. The molecule has 170 valence electrons. The van der Waals surface area contributed by atoms with E-state index in [0.29, 0.717) is 31.0 Å². The van der Waals surface area contributed by atoms with Crippen LogP contribution in [-0.4, -0.2) is 49.0 Å². The van der Waals surface area contributed by atoms with Gasteiger partial charge >= 0.3 is 12.1 Å². The fraction of sp³-hybridized carbons (Fsp3) is 0.348. The number of halogens is 1. The van der Waals surface area contributed by atoms with Crippen LogP contribution in [0.2, 0.25) is 0 Å². The van der Waals surface area contributed by atoms with Crippen LogP contribution in [0.1, 0.15) is 19.3 Å². The summed E-state index contributed by atoms with van der Waals surface area (Å²) in [5.41, 5.74) is 1.07. The molecule has 1 atom stereocenters. The van der Waals surface area contributed by atoms with E-state index in [2.05, 4.69) is 21.3 Å². The highest BCUT2D eigenvalue weighted by atomic mass is 19.1. The van der Waals surface area contributed by atoms with Gasteiger partial charge in [-0.1, -0.05) is 24.3 Å². The van der Waals surface area contributed by atoms with Gasteiger partial charge in [-0.05, 0) is 49.1 Å². The van der Waals surface area contributed by atoms with E-state index in [9.17, 15) is 18.8 Å². The largest absolute Gasteiger partial charge is 0.342 e. The van der Waals surface area contributed by atoms with Gasteiger partial charge in [0.25, 0.3) is 0 Å². The van der Waals surface area contributed by atoms with Gasteiger partial charge in [0, 0.05) is 44.0 Å². The van der Waals surface area contributed by atoms with Gasteiger partial charge in [0.05, 0.1) is 0 Å². The average Bonchev–Trinajstić information content (AvgIpc) is 2.78. The number of benzene rings is 2. The van der Waals surface area contributed by atoms with Crippen molar-refractivity contribution in [2.75, 3.05) is 36.8 Å². The normalized spacial score (nSPS) is 15.5. The van der Waals surface area contributed by atoms with Crippen LogP contribution in [0.5, 0.6) is 0 Å². The second-order valence-corrected chi connectivity index (χ2v) is 7.69. The van der Waals surface area contributed by atoms with Gasteiger partial charge in [0.2, 0.25) is 5.91 Å². The van der Waals surface area contributed by atoms with Crippen molar-refractivity contribution in [1.29, 1.82) is 0 Å². The van der Waals surface area contributed by atoms with Crippen LogP contribution in [0.25, 0.3) is 0 Å². The molecule has 0 aromatic heterocycles. The topological polar surface area (TPSA) is 103 Å². The zero-order valence-corrected chi connectivity index (χ0v) is 17.8. The Morgan fingerprint density at radius 2 is 1.66 bits per heavy atom. The first-order chi connectivity index (χ1) is 15.5. The molecule has 0 bridgehead atoms. The van der Waals surface area contributed by atoms with Gasteiger partial charge in [-0.2, -0.15) is 0 Å². The number of carbonyl (C=O) groups excluding carboxylic acids is 3. The van der Waals surface area contributed by atoms with Crippen LogP contribution in [-0.2, 0) is 4.79 Å². The van der Waals surface area contributed by atoms with E-state index in [0.717, 1.165) is 12.8 Å². The summed E-state index contributed by atoms with van der Waals surface area (Å²) in [6, 6.07) is 14.0. The van der Waals surface area contributed by atoms with E-state index >= 15 is 0 Å². The number of para-hydroxylation sites is 1. The van der Waals surface area contributed by atoms with Crippen molar-refractivity contribution < 1.29 is 18.8 Å². The molecule has 32 heavy (non-hydrogen) atoms. The van der Waals surface area contributed by atoms with Crippen molar-refractivity contribution in [3.63, 3.8) is 0 Å². The average molecular weight is 442 g/mol. The number of nitrogens with zero attached hydrogens (tertiary/aromatic N) is 1. The van der Waals surface area contributed by atoms with Crippen molar-refractivity contribution in [2.45, 2.75) is 19.3 Å². The van der Waals surface area contributed by atoms with Gasteiger partial charge in [0.15, 0.2) is 0 Å². The molecule has 1 aliphatic rings. The molecule has 1 unspecified atom stereocenters. The molecule has 0 spiro atoms. The molecule has 3 rings (SSSR count). The quantitative estimate of drug-likeness (QED) is 0.530. The standard InChI is InChI=1S/C23H28FN5O3/c24-18-7-4-10-20(14-18)28-23(32)26-15-17-6-5-13-29(16-17)21(30)11-12-25-22(31)27-19-8-2-1-3-9-19/h1-4,7-10,14,17H,5-6,11-13,15-16H2,(H2,25,27,31)(H2,26,28,32). The first-order valence-corrected chi connectivity index (χ1v) is 10.7. The van der Waals surface area contributed by atoms with E-state index in [1.54, 1.807) is 23.1 Å². The van der Waals surface area contributed by atoms with Crippen LogP contribution in [0.4, 0.5) is 25.4 Å². The predicted molar refractivity (Wildman–Crippen MR) is 121 cm³/mol. The molecule has 0 aliphatic carbocycles. The maximum absolute atomic E-state index is 13.2. The van der Waals surface area contributed by atoms with Crippen LogP contribution >= 0.6 is 0 Å². The van der Waals surface area contributed by atoms with Crippen molar-refractivity contribution >= 4 is 29.3 Å². The summed E-state index contributed by atoms with van der Waals surface area (Å²) in [7, 11) is 0. The molecular weight excluding hydrogens is 413 g/mol. The van der Waals surface area contributed by atoms with Crippen molar-refractivity contribution in [3.8, 4) is 0 Å². The Morgan fingerprint density at radius 3 is 2.44 bits per heavy atom. The molecule has 8 nitrogen and oxygen atoms in total. The Labute approximate surface area is 186 Å². The number of urea groups is 2. The minimum Gasteiger partial charge on any atom is -0.342 e. The second-order valence-electron chi connectivity index (χ2n) is 7.69. The Kier molecular flexibility index (Phi) is 8.42. The highest BCUT2D eigenvalue weighted by Gasteiger charge is 2.23. The molecule has 9 heteroatoms. The third kappa shape index (κ3) is 7.57. The van der Waals surface area contributed by atoms with Gasteiger partial charge in [-0.25, -0.2) is 14.0 Å². The van der Waals surface area contributed by atoms with Crippen LogP contribution < -0.4 is 21.3 Å². The van der Waals surface area contributed by atoms with E-state index in [4.69, 9.17) is 0 Å². The molecule has 4 N–H and O–H groups in total. The zero-order valence-electron chi connectivity index (χ0n) is 17.8. The fourth-order valence-corrected chi connectivity index (χ4v) is 3.57. The monoisotopic (exact) mass is 441 g/mol. The van der Waals surface area contributed by atoms with Crippen LogP contribution in [0.3, 0.4) is 0 Å². The molecule has 0 saturated carbocycles. The highest BCUT2D eigenvalue weighted by Crippen LogP contribution is 2.17. The van der Waals surface area contributed by atoms with Gasteiger partial charge in [-0.15, -0.1) is 0 Å². The second kappa shape index (κ2) is 11.7. The van der Waals surface area contributed by atoms with E-state index in [1.165, 1.54) is 18.2 Å². The first kappa shape index (κ1) is 23.1. The van der Waals surface area contributed by atoms with Crippen molar-refractivity contribution in [3.05, 3.63) is 60.4 Å². The molecule has 2 aromatic carbocycles. The number of nitrogens with one attached hydrogen (secondary N) is 4. The lowest BCUT2D eigenvalue weighted by atomic mass is 9.98. The molecule has 5 amide bonds. The summed E-state index contributed by atoms with van der Waals surface area (Å²) in [6.45, 7) is 1.88. The number of amides is 5. The molecule has 1 heterocycles. The number of anilines is 2. The lowest BCUT2D eigenvalue weighted by molar-refractivity contribution is -0.132. The number of rotatable bonds is 7. The predicted octanol–water partition coefficient (Wildman–Crippen LogP) is 3.40. The maximum Gasteiger partial charge on any atom is 0.319 e. The van der Waals surface area contributed by atoms with Crippen molar-refractivity contribution in [2.24, 2.45) is 5.92 Å². The SMILES string of the molecule is O=C(NCCC(=O)N1CCCC(CNC(=O)Nc2cccc(F)c2)C1)Nc1ccccc1.